The van der Waals surface area contributed by atoms with Gasteiger partial charge in [-0.25, -0.2) is 9.38 Å². The summed E-state index contributed by atoms with van der Waals surface area (Å²) in [5.41, 5.74) is 1.02. The van der Waals surface area contributed by atoms with E-state index in [0.29, 0.717) is 32.9 Å². The van der Waals surface area contributed by atoms with Crippen molar-refractivity contribution >= 4 is 46.2 Å². The Kier molecular flexibility index (Phi) is 5.11. The average molecular weight is 377 g/mol. The number of carbonyl (C=O) groups is 1. The number of likely N-dealkylation sites (N-methyl/N-ethyl adjacent to an activating group) is 1. The zero-order chi connectivity index (χ0) is 18.0. The van der Waals surface area contributed by atoms with Crippen LogP contribution in [-0.2, 0) is 4.79 Å². The van der Waals surface area contributed by atoms with Gasteiger partial charge in [0.2, 0.25) is 0 Å². The number of halogens is 2. The topological polar surface area (TPSA) is 52.9 Å². The first-order chi connectivity index (χ1) is 12.0. The van der Waals surface area contributed by atoms with Crippen LogP contribution >= 0.6 is 23.4 Å². The van der Waals surface area contributed by atoms with Crippen LogP contribution in [0.4, 0.5) is 10.1 Å². The van der Waals surface area contributed by atoms with Crippen LogP contribution in [0.3, 0.4) is 0 Å². The van der Waals surface area contributed by atoms with Crippen LogP contribution < -0.4 is 0 Å². The first-order valence-corrected chi connectivity index (χ1v) is 8.71. The fraction of sp³-hybridized carbons (Fsp3) is 0.111. The van der Waals surface area contributed by atoms with Crippen molar-refractivity contribution in [2.75, 3.05) is 6.54 Å². The van der Waals surface area contributed by atoms with E-state index in [2.05, 4.69) is 4.99 Å². The van der Waals surface area contributed by atoms with Crippen molar-refractivity contribution < 1.29 is 14.3 Å². The summed E-state index contributed by atoms with van der Waals surface area (Å²) in [6.07, 6.45) is 1.59. The summed E-state index contributed by atoms with van der Waals surface area (Å²) in [6.45, 7) is 2.29. The number of phenolic OH excluding ortho intramolecular Hbond substituents is 1. The lowest BCUT2D eigenvalue weighted by Gasteiger charge is -2.11. The molecule has 7 heteroatoms. The molecule has 1 heterocycles. The van der Waals surface area contributed by atoms with Gasteiger partial charge in [0.1, 0.15) is 11.6 Å². The van der Waals surface area contributed by atoms with E-state index in [9.17, 15) is 14.3 Å². The third-order valence-electron chi connectivity index (χ3n) is 3.53. The maximum atomic E-state index is 13.0. The molecule has 128 valence electrons. The molecule has 0 bridgehead atoms. The molecule has 2 aromatic rings. The third-order valence-corrected chi connectivity index (χ3v) is 4.77. The van der Waals surface area contributed by atoms with Crippen LogP contribution in [0.25, 0.3) is 6.08 Å². The molecule has 1 aliphatic rings. The lowest BCUT2D eigenvalue weighted by Crippen LogP contribution is -2.28. The highest BCUT2D eigenvalue weighted by atomic mass is 35.5. The number of amidine groups is 1. The molecule has 0 spiro atoms. The number of hydrogen-bond donors (Lipinski definition) is 1. The van der Waals surface area contributed by atoms with Gasteiger partial charge in [0, 0.05) is 17.1 Å². The van der Waals surface area contributed by atoms with Gasteiger partial charge in [-0.15, -0.1) is 0 Å². The van der Waals surface area contributed by atoms with Crippen LogP contribution in [0, 0.1) is 5.82 Å². The molecule has 1 fully saturated rings. The van der Waals surface area contributed by atoms with Crippen LogP contribution in [-0.4, -0.2) is 27.6 Å². The summed E-state index contributed by atoms with van der Waals surface area (Å²) < 4.78 is 13.0. The van der Waals surface area contributed by atoms with E-state index >= 15 is 0 Å². The lowest BCUT2D eigenvalue weighted by molar-refractivity contribution is -0.122. The third kappa shape index (κ3) is 3.86. The number of phenols is 1. The molecule has 4 nitrogen and oxygen atoms in total. The van der Waals surface area contributed by atoms with E-state index in [0.717, 1.165) is 0 Å². The Hall–Kier alpha value is -2.31. The van der Waals surface area contributed by atoms with E-state index in [1.165, 1.54) is 34.9 Å². The smallest absolute Gasteiger partial charge is 0.266 e. The second-order valence-corrected chi connectivity index (χ2v) is 6.68. The van der Waals surface area contributed by atoms with E-state index in [1.807, 2.05) is 6.92 Å². The van der Waals surface area contributed by atoms with Gasteiger partial charge < -0.3 is 5.11 Å². The van der Waals surface area contributed by atoms with Gasteiger partial charge in [-0.3, -0.25) is 9.69 Å². The minimum absolute atomic E-state index is 0.0391. The number of nitrogens with zero attached hydrogens (tertiary/aromatic N) is 2. The number of hydrogen-bond acceptors (Lipinski definition) is 4. The van der Waals surface area contributed by atoms with Crippen molar-refractivity contribution in [2.45, 2.75) is 6.92 Å². The Morgan fingerprint density at radius 2 is 2.00 bits per heavy atom. The van der Waals surface area contributed by atoms with Gasteiger partial charge in [0.05, 0.1) is 10.6 Å². The van der Waals surface area contributed by atoms with Crippen LogP contribution in [0.15, 0.2) is 52.4 Å². The minimum Gasteiger partial charge on any atom is -0.507 e. The molecule has 0 atom stereocenters. The standard InChI is InChI=1S/C18H14ClFN2O2S/c1-2-22-17(24)16(10-11-9-12(19)3-8-15(11)23)25-18(22)21-14-6-4-13(20)5-7-14/h3-10,23H,2H2,1H3/b16-10+,21-18?. The molecule has 25 heavy (non-hydrogen) atoms. The molecule has 0 radical (unpaired) electrons. The molecule has 0 aromatic heterocycles. The van der Waals surface area contributed by atoms with E-state index in [-0.39, 0.29) is 17.5 Å². The van der Waals surface area contributed by atoms with E-state index in [4.69, 9.17) is 11.6 Å². The van der Waals surface area contributed by atoms with Crippen molar-refractivity contribution in [3.63, 3.8) is 0 Å². The molecule has 2 aromatic carbocycles. The zero-order valence-corrected chi connectivity index (χ0v) is 14.8. The summed E-state index contributed by atoms with van der Waals surface area (Å²) in [6, 6.07) is 10.4. The summed E-state index contributed by atoms with van der Waals surface area (Å²) in [5.74, 6) is -0.506. The maximum absolute atomic E-state index is 13.0. The average Bonchev–Trinajstić information content (AvgIpc) is 2.88. The number of rotatable bonds is 3. The number of aromatic hydroxyl groups is 1. The lowest BCUT2D eigenvalue weighted by atomic mass is 10.2. The maximum Gasteiger partial charge on any atom is 0.266 e. The highest BCUT2D eigenvalue weighted by Gasteiger charge is 2.32. The number of thioether (sulfide) groups is 1. The Labute approximate surface area is 153 Å². The monoisotopic (exact) mass is 376 g/mol. The van der Waals surface area contributed by atoms with Crippen LogP contribution in [0.5, 0.6) is 5.75 Å². The first kappa shape index (κ1) is 17.5. The molecule has 0 saturated carbocycles. The van der Waals surface area contributed by atoms with Gasteiger partial charge >= 0.3 is 0 Å². The molecular weight excluding hydrogens is 363 g/mol. The van der Waals surface area contributed by atoms with Gasteiger partial charge in [-0.1, -0.05) is 11.6 Å². The van der Waals surface area contributed by atoms with Gasteiger partial charge in [0.25, 0.3) is 5.91 Å². The van der Waals surface area contributed by atoms with Crippen molar-refractivity contribution in [2.24, 2.45) is 4.99 Å². The SMILES string of the molecule is CCN1C(=O)/C(=C\c2cc(Cl)ccc2O)SC1=Nc1ccc(F)cc1. The number of carbonyl (C=O) groups excluding carboxylic acids is 1. The van der Waals surface area contributed by atoms with Gasteiger partial charge in [0.15, 0.2) is 5.17 Å². The van der Waals surface area contributed by atoms with Crippen molar-refractivity contribution in [3.8, 4) is 5.75 Å². The van der Waals surface area contributed by atoms with Gasteiger partial charge in [-0.2, -0.15) is 0 Å². The quantitative estimate of drug-likeness (QED) is 0.782. The molecule has 0 aliphatic carbocycles. The number of amides is 1. The predicted molar refractivity (Wildman–Crippen MR) is 99.6 cm³/mol. The van der Waals surface area contributed by atoms with Crippen molar-refractivity contribution in [3.05, 3.63) is 63.8 Å². The molecule has 3 rings (SSSR count). The van der Waals surface area contributed by atoms with Crippen molar-refractivity contribution in [1.82, 2.24) is 4.90 Å². The fourth-order valence-corrected chi connectivity index (χ4v) is 3.51. The summed E-state index contributed by atoms with van der Waals surface area (Å²) in [7, 11) is 0. The van der Waals surface area contributed by atoms with E-state index < -0.39 is 0 Å². The molecule has 1 aliphatic heterocycles. The second kappa shape index (κ2) is 7.29. The predicted octanol–water partition coefficient (Wildman–Crippen LogP) is 4.81. The van der Waals surface area contributed by atoms with Crippen LogP contribution in [0.2, 0.25) is 5.02 Å². The summed E-state index contributed by atoms with van der Waals surface area (Å²) in [4.78, 5) is 19.0. The zero-order valence-electron chi connectivity index (χ0n) is 13.2. The van der Waals surface area contributed by atoms with E-state index in [1.54, 1.807) is 30.3 Å². The molecule has 1 N–H and O–H groups in total. The molecular formula is C18H14ClFN2O2S. The Bertz CT molecular complexity index is 881. The summed E-state index contributed by atoms with van der Waals surface area (Å²) >= 11 is 7.15. The Morgan fingerprint density at radius 3 is 2.68 bits per heavy atom. The first-order valence-electron chi connectivity index (χ1n) is 7.52. The number of benzene rings is 2. The molecule has 1 saturated heterocycles. The fourth-order valence-electron chi connectivity index (χ4n) is 2.28. The molecule has 1 amide bonds. The number of aliphatic imine (C=N–C) groups is 1. The second-order valence-electron chi connectivity index (χ2n) is 5.23. The van der Waals surface area contributed by atoms with Crippen LogP contribution in [0.1, 0.15) is 12.5 Å². The highest BCUT2D eigenvalue weighted by molar-refractivity contribution is 8.18. The Balaban J connectivity index is 1.96. The summed E-state index contributed by atoms with van der Waals surface area (Å²) in [5, 5.41) is 10.9. The normalized spacial score (nSPS) is 17.7. The molecule has 0 unspecified atom stereocenters. The largest absolute Gasteiger partial charge is 0.507 e. The Morgan fingerprint density at radius 1 is 1.28 bits per heavy atom. The van der Waals surface area contributed by atoms with Gasteiger partial charge in [-0.05, 0) is 67.2 Å². The van der Waals surface area contributed by atoms with Crippen molar-refractivity contribution in [1.29, 1.82) is 0 Å². The highest BCUT2D eigenvalue weighted by Crippen LogP contribution is 2.35. The minimum atomic E-state index is -0.344.